The smallest absolute Gasteiger partial charge is 0.255 e. The summed E-state index contributed by atoms with van der Waals surface area (Å²) in [5.74, 6) is 1.40. The highest BCUT2D eigenvalue weighted by molar-refractivity contribution is 6.29. The van der Waals surface area contributed by atoms with Crippen molar-refractivity contribution >= 4 is 23.2 Å². The van der Waals surface area contributed by atoms with Gasteiger partial charge in [-0.3, -0.25) is 0 Å². The van der Waals surface area contributed by atoms with Crippen molar-refractivity contribution in [3.8, 4) is 0 Å². The summed E-state index contributed by atoms with van der Waals surface area (Å²) in [6.45, 7) is 0. The molecule has 0 unspecified atom stereocenters. The number of aromatic nitrogens is 4. The topological polar surface area (TPSA) is 55.1 Å². The molecule has 2 heterocycles. The maximum Gasteiger partial charge on any atom is 0.255 e. The number of fused-ring (bicyclic) bond motifs is 1. The van der Waals surface area contributed by atoms with Crippen LogP contribution < -0.4 is 5.32 Å². The van der Waals surface area contributed by atoms with E-state index in [0.29, 0.717) is 17.0 Å². The van der Waals surface area contributed by atoms with E-state index in [-0.39, 0.29) is 0 Å². The van der Waals surface area contributed by atoms with Crippen molar-refractivity contribution in [2.45, 2.75) is 25.3 Å². The van der Waals surface area contributed by atoms with Crippen LogP contribution in [-0.2, 0) is 0 Å². The van der Waals surface area contributed by atoms with Gasteiger partial charge in [0.15, 0.2) is 0 Å². The number of hydrogen-bond donors (Lipinski definition) is 1. The molecule has 6 heteroatoms. The minimum absolute atomic E-state index is 0.442. The van der Waals surface area contributed by atoms with E-state index < -0.39 is 0 Å². The van der Waals surface area contributed by atoms with E-state index >= 15 is 0 Å². The Bertz CT molecular complexity index is 490. The van der Waals surface area contributed by atoms with Crippen LogP contribution in [0.4, 0.5) is 5.82 Å². The van der Waals surface area contributed by atoms with Gasteiger partial charge < -0.3 is 5.32 Å². The summed E-state index contributed by atoms with van der Waals surface area (Å²) < 4.78 is 1.67. The number of nitrogens with one attached hydrogen (secondary N) is 1. The average molecular weight is 224 g/mol. The standard InChI is InChI=1S/C9H10ClN5/c10-7-4-8(13-6-2-1-3-6)15-9(14-7)11-5-12-15/h4-6,13H,1-3H2. The molecule has 0 aliphatic heterocycles. The second kappa shape index (κ2) is 3.34. The fraction of sp³-hybridized carbons (Fsp3) is 0.444. The van der Waals surface area contributed by atoms with E-state index in [4.69, 9.17) is 11.6 Å². The number of hydrogen-bond acceptors (Lipinski definition) is 4. The Kier molecular flexibility index (Phi) is 1.98. The Labute approximate surface area is 91.5 Å². The summed E-state index contributed by atoms with van der Waals surface area (Å²) in [6, 6.07) is 2.32. The lowest BCUT2D eigenvalue weighted by atomic mass is 9.93. The Balaban J connectivity index is 2.02. The zero-order valence-corrected chi connectivity index (χ0v) is 8.78. The molecule has 0 amide bonds. The molecule has 1 fully saturated rings. The zero-order chi connectivity index (χ0) is 10.3. The first-order valence-electron chi connectivity index (χ1n) is 4.96. The van der Waals surface area contributed by atoms with Crippen LogP contribution in [-0.4, -0.2) is 25.6 Å². The molecule has 2 aromatic rings. The molecule has 0 aromatic carbocycles. The van der Waals surface area contributed by atoms with Crippen molar-refractivity contribution in [3.63, 3.8) is 0 Å². The third-order valence-electron chi connectivity index (χ3n) is 2.68. The quantitative estimate of drug-likeness (QED) is 0.788. The number of halogens is 1. The highest BCUT2D eigenvalue weighted by atomic mass is 35.5. The number of nitrogens with zero attached hydrogens (tertiary/aromatic N) is 4. The van der Waals surface area contributed by atoms with Gasteiger partial charge in [0.25, 0.3) is 5.78 Å². The van der Waals surface area contributed by atoms with Crippen LogP contribution in [0.2, 0.25) is 5.15 Å². The molecule has 15 heavy (non-hydrogen) atoms. The van der Waals surface area contributed by atoms with E-state index in [1.165, 1.54) is 25.6 Å². The normalized spacial score (nSPS) is 16.6. The van der Waals surface area contributed by atoms with Crippen LogP contribution in [0.3, 0.4) is 0 Å². The van der Waals surface area contributed by atoms with E-state index in [2.05, 4.69) is 20.4 Å². The third kappa shape index (κ3) is 1.52. The molecule has 0 radical (unpaired) electrons. The maximum atomic E-state index is 5.89. The fourth-order valence-corrected chi connectivity index (χ4v) is 1.83. The number of anilines is 1. The van der Waals surface area contributed by atoms with E-state index in [1.54, 1.807) is 10.6 Å². The molecule has 1 aliphatic rings. The Morgan fingerprint density at radius 3 is 3.07 bits per heavy atom. The molecule has 1 aliphatic carbocycles. The van der Waals surface area contributed by atoms with Gasteiger partial charge in [-0.15, -0.1) is 0 Å². The van der Waals surface area contributed by atoms with E-state index in [1.807, 2.05) is 0 Å². The summed E-state index contributed by atoms with van der Waals surface area (Å²) in [4.78, 5) is 8.07. The summed E-state index contributed by atoms with van der Waals surface area (Å²) >= 11 is 5.89. The molecule has 1 N–H and O–H groups in total. The zero-order valence-electron chi connectivity index (χ0n) is 8.02. The van der Waals surface area contributed by atoms with Gasteiger partial charge in [0.2, 0.25) is 0 Å². The summed E-state index contributed by atoms with van der Waals surface area (Å²) in [5.41, 5.74) is 0. The maximum absolute atomic E-state index is 5.89. The Hall–Kier alpha value is -1.36. The van der Waals surface area contributed by atoms with Gasteiger partial charge in [-0.2, -0.15) is 19.6 Å². The molecule has 0 atom stereocenters. The molecule has 0 bridgehead atoms. The summed E-state index contributed by atoms with van der Waals surface area (Å²) in [5, 5.41) is 7.92. The molecule has 1 saturated carbocycles. The van der Waals surface area contributed by atoms with E-state index in [9.17, 15) is 0 Å². The Morgan fingerprint density at radius 2 is 2.33 bits per heavy atom. The fourth-order valence-electron chi connectivity index (χ4n) is 1.65. The molecular formula is C9H10ClN5. The van der Waals surface area contributed by atoms with Gasteiger partial charge in [0, 0.05) is 12.1 Å². The van der Waals surface area contributed by atoms with Crippen molar-refractivity contribution in [2.75, 3.05) is 5.32 Å². The molecule has 2 aromatic heterocycles. The van der Waals surface area contributed by atoms with Gasteiger partial charge in [-0.1, -0.05) is 11.6 Å². The SMILES string of the molecule is Clc1cc(NC2CCC2)n2ncnc2n1. The lowest BCUT2D eigenvalue weighted by Gasteiger charge is -2.27. The molecule has 0 saturated heterocycles. The predicted molar refractivity (Wildman–Crippen MR) is 57.1 cm³/mol. The molecule has 0 spiro atoms. The van der Waals surface area contributed by atoms with Crippen LogP contribution in [0, 0.1) is 0 Å². The van der Waals surface area contributed by atoms with Crippen molar-refractivity contribution in [1.29, 1.82) is 0 Å². The highest BCUT2D eigenvalue weighted by Gasteiger charge is 2.18. The van der Waals surface area contributed by atoms with Crippen molar-refractivity contribution in [2.24, 2.45) is 0 Å². The highest BCUT2D eigenvalue weighted by Crippen LogP contribution is 2.24. The minimum atomic E-state index is 0.442. The molecule has 3 rings (SSSR count). The lowest BCUT2D eigenvalue weighted by molar-refractivity contribution is 0.443. The van der Waals surface area contributed by atoms with Gasteiger partial charge in [0.05, 0.1) is 0 Å². The van der Waals surface area contributed by atoms with Crippen LogP contribution in [0.1, 0.15) is 19.3 Å². The van der Waals surface area contributed by atoms with Crippen molar-refractivity contribution in [1.82, 2.24) is 19.6 Å². The van der Waals surface area contributed by atoms with E-state index in [0.717, 1.165) is 5.82 Å². The monoisotopic (exact) mass is 223 g/mol. The van der Waals surface area contributed by atoms with Gasteiger partial charge in [-0.25, -0.2) is 0 Å². The van der Waals surface area contributed by atoms with Crippen molar-refractivity contribution in [3.05, 3.63) is 17.5 Å². The average Bonchev–Trinajstić information content (AvgIpc) is 2.58. The number of rotatable bonds is 2. The van der Waals surface area contributed by atoms with Crippen LogP contribution >= 0.6 is 11.6 Å². The summed E-state index contributed by atoms with van der Waals surface area (Å²) in [6.07, 6.45) is 5.17. The molecule has 5 nitrogen and oxygen atoms in total. The predicted octanol–water partition coefficient (Wildman–Crippen LogP) is 1.74. The first kappa shape index (κ1) is 8.91. The lowest BCUT2D eigenvalue weighted by Crippen LogP contribution is -2.28. The molecular weight excluding hydrogens is 214 g/mol. The second-order valence-corrected chi connectivity index (χ2v) is 4.10. The van der Waals surface area contributed by atoms with Crippen LogP contribution in [0.25, 0.3) is 5.78 Å². The van der Waals surface area contributed by atoms with Gasteiger partial charge in [0.1, 0.15) is 17.3 Å². The molecule has 78 valence electrons. The summed E-state index contributed by atoms with van der Waals surface area (Å²) in [7, 11) is 0. The van der Waals surface area contributed by atoms with Gasteiger partial charge >= 0.3 is 0 Å². The largest absolute Gasteiger partial charge is 0.367 e. The van der Waals surface area contributed by atoms with Crippen molar-refractivity contribution < 1.29 is 0 Å². The van der Waals surface area contributed by atoms with Gasteiger partial charge in [-0.05, 0) is 19.3 Å². The second-order valence-electron chi connectivity index (χ2n) is 3.71. The van der Waals surface area contributed by atoms with Crippen LogP contribution in [0.5, 0.6) is 0 Å². The third-order valence-corrected chi connectivity index (χ3v) is 2.87. The first-order valence-corrected chi connectivity index (χ1v) is 5.33. The minimum Gasteiger partial charge on any atom is -0.367 e. The van der Waals surface area contributed by atoms with Crippen LogP contribution in [0.15, 0.2) is 12.4 Å². The Morgan fingerprint density at radius 1 is 1.47 bits per heavy atom. The first-order chi connectivity index (χ1) is 7.33.